The van der Waals surface area contributed by atoms with Crippen LogP contribution in [-0.4, -0.2) is 15.9 Å². The van der Waals surface area contributed by atoms with Crippen LogP contribution in [0.5, 0.6) is 0 Å². The van der Waals surface area contributed by atoms with E-state index in [9.17, 15) is 4.79 Å². The summed E-state index contributed by atoms with van der Waals surface area (Å²) < 4.78 is 0. The minimum absolute atomic E-state index is 0.254. The SMILES string of the molecule is Cc1ccc(C)c(NC(=O)c2cnc(Nc3ccc(Cl)cc3C)cn2)c1. The van der Waals surface area contributed by atoms with E-state index in [0.29, 0.717) is 10.8 Å². The summed E-state index contributed by atoms with van der Waals surface area (Å²) in [4.78, 5) is 20.9. The Hall–Kier alpha value is -2.92. The number of aromatic nitrogens is 2. The first-order valence-corrected chi connectivity index (χ1v) is 8.54. The molecule has 0 aliphatic carbocycles. The van der Waals surface area contributed by atoms with Crippen molar-refractivity contribution < 1.29 is 4.79 Å². The minimum atomic E-state index is -0.291. The fourth-order valence-electron chi connectivity index (χ4n) is 2.47. The van der Waals surface area contributed by atoms with Gasteiger partial charge in [0.2, 0.25) is 0 Å². The second-order valence-electron chi connectivity index (χ2n) is 6.14. The van der Waals surface area contributed by atoms with Gasteiger partial charge >= 0.3 is 0 Å². The number of benzene rings is 2. The lowest BCUT2D eigenvalue weighted by atomic mass is 10.1. The van der Waals surface area contributed by atoms with E-state index in [-0.39, 0.29) is 11.6 Å². The van der Waals surface area contributed by atoms with E-state index in [4.69, 9.17) is 11.6 Å². The van der Waals surface area contributed by atoms with E-state index in [1.54, 1.807) is 6.07 Å². The standard InChI is InChI=1S/C20H19ClN4O/c1-12-4-5-13(2)17(8-12)25-20(26)18-10-23-19(11-22-18)24-16-7-6-15(21)9-14(16)3/h4-11H,1-3H3,(H,23,24)(H,25,26). The van der Waals surface area contributed by atoms with Gasteiger partial charge in [-0.3, -0.25) is 4.79 Å². The van der Waals surface area contributed by atoms with E-state index in [0.717, 1.165) is 28.1 Å². The van der Waals surface area contributed by atoms with Crippen molar-refractivity contribution in [1.82, 2.24) is 9.97 Å². The lowest BCUT2D eigenvalue weighted by Gasteiger charge is -2.10. The second-order valence-corrected chi connectivity index (χ2v) is 6.58. The van der Waals surface area contributed by atoms with Crippen LogP contribution in [0.3, 0.4) is 0 Å². The van der Waals surface area contributed by atoms with Gasteiger partial charge in [-0.1, -0.05) is 23.7 Å². The minimum Gasteiger partial charge on any atom is -0.339 e. The average molecular weight is 367 g/mol. The highest BCUT2D eigenvalue weighted by Crippen LogP contribution is 2.22. The number of anilines is 3. The van der Waals surface area contributed by atoms with E-state index in [2.05, 4.69) is 20.6 Å². The molecule has 132 valence electrons. The number of amides is 1. The fourth-order valence-corrected chi connectivity index (χ4v) is 2.70. The summed E-state index contributed by atoms with van der Waals surface area (Å²) in [7, 11) is 0. The highest BCUT2D eigenvalue weighted by Gasteiger charge is 2.10. The molecule has 26 heavy (non-hydrogen) atoms. The zero-order valence-corrected chi connectivity index (χ0v) is 15.6. The Morgan fingerprint density at radius 1 is 0.923 bits per heavy atom. The molecule has 1 amide bonds. The number of hydrogen-bond acceptors (Lipinski definition) is 4. The molecule has 0 fully saturated rings. The van der Waals surface area contributed by atoms with Gasteiger partial charge in [-0.25, -0.2) is 9.97 Å². The number of hydrogen-bond donors (Lipinski definition) is 2. The van der Waals surface area contributed by atoms with Crippen LogP contribution >= 0.6 is 11.6 Å². The summed E-state index contributed by atoms with van der Waals surface area (Å²) in [5, 5.41) is 6.72. The molecule has 0 atom stereocenters. The molecule has 0 saturated carbocycles. The van der Waals surface area contributed by atoms with Crippen LogP contribution in [0.2, 0.25) is 5.02 Å². The largest absolute Gasteiger partial charge is 0.339 e. The molecule has 0 saturated heterocycles. The van der Waals surface area contributed by atoms with Crippen LogP contribution in [0, 0.1) is 20.8 Å². The number of aryl methyl sites for hydroxylation is 3. The molecular formula is C20H19ClN4O. The van der Waals surface area contributed by atoms with Crippen molar-refractivity contribution in [3.8, 4) is 0 Å². The molecule has 6 heteroatoms. The Balaban J connectivity index is 1.72. The molecule has 0 bridgehead atoms. The van der Waals surface area contributed by atoms with Crippen LogP contribution in [0.25, 0.3) is 0 Å². The third kappa shape index (κ3) is 4.18. The van der Waals surface area contributed by atoms with Crippen LogP contribution in [0.1, 0.15) is 27.2 Å². The third-order valence-corrected chi connectivity index (χ3v) is 4.21. The van der Waals surface area contributed by atoms with Crippen molar-refractivity contribution >= 4 is 34.7 Å². The first-order valence-electron chi connectivity index (χ1n) is 8.16. The van der Waals surface area contributed by atoms with Gasteiger partial charge in [-0.15, -0.1) is 0 Å². The molecule has 5 nitrogen and oxygen atoms in total. The lowest BCUT2D eigenvalue weighted by Crippen LogP contribution is -2.15. The first kappa shape index (κ1) is 17.9. The maximum absolute atomic E-state index is 12.4. The third-order valence-electron chi connectivity index (χ3n) is 3.98. The smallest absolute Gasteiger partial charge is 0.275 e. The summed E-state index contributed by atoms with van der Waals surface area (Å²) in [6.45, 7) is 5.88. The molecule has 0 unspecified atom stereocenters. The molecule has 3 rings (SSSR count). The van der Waals surface area contributed by atoms with Crippen LogP contribution in [0.15, 0.2) is 48.8 Å². The number of carbonyl (C=O) groups excluding carboxylic acids is 1. The van der Waals surface area contributed by atoms with Gasteiger partial charge in [0, 0.05) is 16.4 Å². The fraction of sp³-hybridized carbons (Fsp3) is 0.150. The summed E-state index contributed by atoms with van der Waals surface area (Å²) in [5.41, 5.74) is 4.98. The number of rotatable bonds is 4. The Morgan fingerprint density at radius 2 is 1.73 bits per heavy atom. The van der Waals surface area contributed by atoms with E-state index < -0.39 is 0 Å². The highest BCUT2D eigenvalue weighted by molar-refractivity contribution is 6.30. The van der Waals surface area contributed by atoms with Gasteiger partial charge in [0.05, 0.1) is 12.4 Å². The highest BCUT2D eigenvalue weighted by atomic mass is 35.5. The van der Waals surface area contributed by atoms with Gasteiger partial charge in [0.15, 0.2) is 0 Å². The topological polar surface area (TPSA) is 66.9 Å². The monoisotopic (exact) mass is 366 g/mol. The van der Waals surface area contributed by atoms with E-state index >= 15 is 0 Å². The maximum atomic E-state index is 12.4. The summed E-state index contributed by atoms with van der Waals surface area (Å²) in [5.74, 6) is 0.263. The zero-order valence-electron chi connectivity index (χ0n) is 14.8. The number of halogens is 1. The van der Waals surface area contributed by atoms with Crippen molar-refractivity contribution in [1.29, 1.82) is 0 Å². The van der Waals surface area contributed by atoms with Crippen molar-refractivity contribution in [2.75, 3.05) is 10.6 Å². The predicted octanol–water partition coefficient (Wildman–Crippen LogP) is 5.05. The molecule has 3 aromatic rings. The lowest BCUT2D eigenvalue weighted by molar-refractivity contribution is 0.102. The number of nitrogens with one attached hydrogen (secondary N) is 2. The quantitative estimate of drug-likeness (QED) is 0.678. The summed E-state index contributed by atoms with van der Waals surface area (Å²) in [6, 6.07) is 11.4. The molecule has 0 spiro atoms. The maximum Gasteiger partial charge on any atom is 0.275 e. The molecule has 2 N–H and O–H groups in total. The van der Waals surface area contributed by atoms with Gasteiger partial charge < -0.3 is 10.6 Å². The van der Waals surface area contributed by atoms with Crippen molar-refractivity contribution in [3.63, 3.8) is 0 Å². The van der Waals surface area contributed by atoms with Crippen molar-refractivity contribution in [3.05, 3.63) is 76.2 Å². The molecule has 0 aliphatic heterocycles. The molecule has 0 aliphatic rings. The Morgan fingerprint density at radius 3 is 2.42 bits per heavy atom. The Kier molecular flexibility index (Phi) is 5.19. The predicted molar refractivity (Wildman–Crippen MR) is 105 cm³/mol. The summed E-state index contributed by atoms with van der Waals surface area (Å²) in [6.07, 6.45) is 2.99. The van der Waals surface area contributed by atoms with Crippen molar-refractivity contribution in [2.45, 2.75) is 20.8 Å². The van der Waals surface area contributed by atoms with Crippen molar-refractivity contribution in [2.24, 2.45) is 0 Å². The molecular weight excluding hydrogens is 348 g/mol. The van der Waals surface area contributed by atoms with Gasteiger partial charge in [-0.05, 0) is 61.7 Å². The zero-order chi connectivity index (χ0) is 18.7. The molecule has 1 heterocycles. The van der Waals surface area contributed by atoms with Crippen LogP contribution in [0.4, 0.5) is 17.2 Å². The summed E-state index contributed by atoms with van der Waals surface area (Å²) >= 11 is 5.96. The van der Waals surface area contributed by atoms with Crippen LogP contribution in [-0.2, 0) is 0 Å². The van der Waals surface area contributed by atoms with Crippen LogP contribution < -0.4 is 10.6 Å². The number of carbonyl (C=O) groups is 1. The van der Waals surface area contributed by atoms with Gasteiger partial charge in [0.25, 0.3) is 5.91 Å². The van der Waals surface area contributed by atoms with Gasteiger partial charge in [-0.2, -0.15) is 0 Å². The van der Waals surface area contributed by atoms with E-state index in [1.807, 2.05) is 51.1 Å². The molecule has 0 radical (unpaired) electrons. The van der Waals surface area contributed by atoms with E-state index in [1.165, 1.54) is 12.4 Å². The van der Waals surface area contributed by atoms with Gasteiger partial charge in [0.1, 0.15) is 11.5 Å². The molecule has 1 aromatic heterocycles. The second kappa shape index (κ2) is 7.54. The molecule has 2 aromatic carbocycles. The Bertz CT molecular complexity index is 955. The normalized spacial score (nSPS) is 10.5. The number of nitrogens with zero attached hydrogens (tertiary/aromatic N) is 2. The average Bonchev–Trinajstić information content (AvgIpc) is 2.61. The first-order chi connectivity index (χ1) is 12.4. The Labute approximate surface area is 157 Å².